The fraction of sp³-hybridized carbons (Fsp3) is 0.588. The zero-order valence-corrected chi connectivity index (χ0v) is 13.1. The van der Waals surface area contributed by atoms with Crippen LogP contribution in [0.2, 0.25) is 0 Å². The zero-order valence-electron chi connectivity index (χ0n) is 13.1. The Hall–Kier alpha value is -1.55. The lowest BCUT2D eigenvalue weighted by Crippen LogP contribution is -2.35. The van der Waals surface area contributed by atoms with E-state index in [-0.39, 0.29) is 5.91 Å². The highest BCUT2D eigenvalue weighted by atomic mass is 16.5. The number of anilines is 1. The molecule has 0 spiro atoms. The first-order chi connectivity index (χ1) is 10.2. The van der Waals surface area contributed by atoms with E-state index in [1.807, 2.05) is 31.2 Å². The number of rotatable bonds is 6. The van der Waals surface area contributed by atoms with Gasteiger partial charge in [0, 0.05) is 13.0 Å². The van der Waals surface area contributed by atoms with Gasteiger partial charge in [0.25, 0.3) is 0 Å². The number of carbonyl (C=O) groups excluding carboxylic acids is 1. The van der Waals surface area contributed by atoms with Gasteiger partial charge in [-0.2, -0.15) is 0 Å². The predicted molar refractivity (Wildman–Crippen MR) is 85.7 cm³/mol. The lowest BCUT2D eigenvalue weighted by atomic mass is 9.99. The second-order valence-corrected chi connectivity index (χ2v) is 5.75. The lowest BCUT2D eigenvalue weighted by Gasteiger charge is -2.29. The van der Waals surface area contributed by atoms with E-state index in [2.05, 4.69) is 17.1 Å². The smallest absolute Gasteiger partial charge is 0.225 e. The summed E-state index contributed by atoms with van der Waals surface area (Å²) in [4.78, 5) is 14.5. The molecule has 1 N–H and O–H groups in total. The molecule has 21 heavy (non-hydrogen) atoms. The molecule has 1 aliphatic rings. The van der Waals surface area contributed by atoms with Gasteiger partial charge < -0.3 is 15.0 Å². The van der Waals surface area contributed by atoms with Gasteiger partial charge in [-0.05, 0) is 50.9 Å². The Morgan fingerprint density at radius 2 is 2.05 bits per heavy atom. The highest BCUT2D eigenvalue weighted by molar-refractivity contribution is 5.92. The minimum absolute atomic E-state index is 0.0563. The lowest BCUT2D eigenvalue weighted by molar-refractivity contribution is -0.116. The topological polar surface area (TPSA) is 41.6 Å². The van der Waals surface area contributed by atoms with Gasteiger partial charge in [0.1, 0.15) is 5.75 Å². The molecule has 1 fully saturated rings. The summed E-state index contributed by atoms with van der Waals surface area (Å²) in [6.07, 6.45) is 3.03. The van der Waals surface area contributed by atoms with Gasteiger partial charge in [0.05, 0.1) is 12.3 Å². The van der Waals surface area contributed by atoms with Crippen LogP contribution in [0.5, 0.6) is 5.75 Å². The number of piperidine rings is 1. The molecular formula is C17H26N2O2. The third kappa shape index (κ3) is 5.05. The van der Waals surface area contributed by atoms with Crippen LogP contribution in [0.25, 0.3) is 0 Å². The number of carbonyl (C=O) groups is 1. The standard InChI is InChI=1S/C17H26N2O2/c1-3-21-16-7-5-4-6-15(16)18-17(20)10-13-19-11-8-14(2)9-12-19/h4-7,14H,3,8-13H2,1-2H3,(H,18,20). The second kappa shape index (κ2) is 8.03. The van der Waals surface area contributed by atoms with Crippen LogP contribution in [0.15, 0.2) is 24.3 Å². The van der Waals surface area contributed by atoms with Crippen LogP contribution in [-0.4, -0.2) is 37.0 Å². The molecule has 116 valence electrons. The number of amides is 1. The number of nitrogens with one attached hydrogen (secondary N) is 1. The summed E-state index contributed by atoms with van der Waals surface area (Å²) in [7, 11) is 0. The number of ether oxygens (including phenoxy) is 1. The van der Waals surface area contributed by atoms with Crippen LogP contribution in [0, 0.1) is 5.92 Å². The predicted octanol–water partition coefficient (Wildman–Crippen LogP) is 3.15. The largest absolute Gasteiger partial charge is 0.492 e. The van der Waals surface area contributed by atoms with Crippen molar-refractivity contribution in [2.45, 2.75) is 33.1 Å². The molecule has 0 radical (unpaired) electrons. The molecule has 0 saturated carbocycles. The molecule has 1 amide bonds. The van der Waals surface area contributed by atoms with Crippen LogP contribution >= 0.6 is 0 Å². The van der Waals surface area contributed by atoms with Gasteiger partial charge in [-0.3, -0.25) is 4.79 Å². The van der Waals surface area contributed by atoms with E-state index in [0.717, 1.165) is 37.0 Å². The van der Waals surface area contributed by atoms with Gasteiger partial charge >= 0.3 is 0 Å². The van der Waals surface area contributed by atoms with Crippen molar-refractivity contribution in [3.63, 3.8) is 0 Å². The minimum Gasteiger partial charge on any atom is -0.492 e. The summed E-state index contributed by atoms with van der Waals surface area (Å²) >= 11 is 0. The van der Waals surface area contributed by atoms with Gasteiger partial charge in [-0.15, -0.1) is 0 Å². The SMILES string of the molecule is CCOc1ccccc1NC(=O)CCN1CCC(C)CC1. The second-order valence-electron chi connectivity index (χ2n) is 5.75. The molecule has 2 rings (SSSR count). The van der Waals surface area contributed by atoms with Crippen molar-refractivity contribution in [2.24, 2.45) is 5.92 Å². The Morgan fingerprint density at radius 3 is 2.76 bits per heavy atom. The molecule has 1 aliphatic heterocycles. The van der Waals surface area contributed by atoms with Gasteiger partial charge in [0.15, 0.2) is 0 Å². The molecule has 4 heteroatoms. The Morgan fingerprint density at radius 1 is 1.33 bits per heavy atom. The number of benzene rings is 1. The minimum atomic E-state index is 0.0563. The number of hydrogen-bond donors (Lipinski definition) is 1. The molecular weight excluding hydrogens is 264 g/mol. The molecule has 1 aromatic rings. The maximum Gasteiger partial charge on any atom is 0.225 e. The summed E-state index contributed by atoms with van der Waals surface area (Å²) in [5, 5.41) is 2.95. The first kappa shape index (κ1) is 15.8. The third-order valence-corrected chi connectivity index (χ3v) is 3.99. The molecule has 0 aliphatic carbocycles. The molecule has 1 aromatic carbocycles. The number of para-hydroxylation sites is 2. The van der Waals surface area contributed by atoms with Crippen LogP contribution in [0.4, 0.5) is 5.69 Å². The molecule has 0 unspecified atom stereocenters. The summed E-state index contributed by atoms with van der Waals surface area (Å²) in [6.45, 7) is 7.91. The number of nitrogens with zero attached hydrogens (tertiary/aromatic N) is 1. The molecule has 1 heterocycles. The van der Waals surface area contributed by atoms with Crippen molar-refractivity contribution < 1.29 is 9.53 Å². The molecule has 4 nitrogen and oxygen atoms in total. The summed E-state index contributed by atoms with van der Waals surface area (Å²) in [6, 6.07) is 7.58. The molecule has 1 saturated heterocycles. The Labute approximate surface area is 127 Å². The van der Waals surface area contributed by atoms with Crippen molar-refractivity contribution in [3.05, 3.63) is 24.3 Å². The summed E-state index contributed by atoms with van der Waals surface area (Å²) < 4.78 is 5.52. The van der Waals surface area contributed by atoms with Crippen molar-refractivity contribution in [2.75, 3.05) is 31.6 Å². The van der Waals surface area contributed by atoms with Crippen molar-refractivity contribution in [3.8, 4) is 5.75 Å². The van der Waals surface area contributed by atoms with Crippen molar-refractivity contribution in [1.82, 2.24) is 4.90 Å². The van der Waals surface area contributed by atoms with Gasteiger partial charge in [0.2, 0.25) is 5.91 Å². The average Bonchev–Trinajstić information content (AvgIpc) is 2.49. The first-order valence-corrected chi connectivity index (χ1v) is 7.93. The monoisotopic (exact) mass is 290 g/mol. The zero-order chi connectivity index (χ0) is 15.1. The maximum atomic E-state index is 12.1. The van der Waals surface area contributed by atoms with Crippen LogP contribution in [-0.2, 0) is 4.79 Å². The Bertz CT molecular complexity index is 454. The van der Waals surface area contributed by atoms with E-state index in [1.165, 1.54) is 12.8 Å². The summed E-state index contributed by atoms with van der Waals surface area (Å²) in [5.41, 5.74) is 0.761. The van der Waals surface area contributed by atoms with Crippen LogP contribution in [0.3, 0.4) is 0 Å². The highest BCUT2D eigenvalue weighted by Gasteiger charge is 2.16. The molecule has 0 aromatic heterocycles. The number of hydrogen-bond acceptors (Lipinski definition) is 3. The highest BCUT2D eigenvalue weighted by Crippen LogP contribution is 2.23. The quantitative estimate of drug-likeness (QED) is 0.875. The number of likely N-dealkylation sites (tertiary alicyclic amines) is 1. The van der Waals surface area contributed by atoms with Crippen molar-refractivity contribution >= 4 is 11.6 Å². The first-order valence-electron chi connectivity index (χ1n) is 7.93. The van der Waals surface area contributed by atoms with E-state index < -0.39 is 0 Å². The van der Waals surface area contributed by atoms with E-state index in [9.17, 15) is 4.79 Å². The van der Waals surface area contributed by atoms with Crippen LogP contribution < -0.4 is 10.1 Å². The molecule has 0 atom stereocenters. The van der Waals surface area contributed by atoms with Gasteiger partial charge in [-0.1, -0.05) is 19.1 Å². The Kier molecular flexibility index (Phi) is 6.05. The van der Waals surface area contributed by atoms with E-state index in [4.69, 9.17) is 4.74 Å². The van der Waals surface area contributed by atoms with E-state index >= 15 is 0 Å². The third-order valence-electron chi connectivity index (χ3n) is 3.99. The fourth-order valence-corrected chi connectivity index (χ4v) is 2.61. The molecule has 0 bridgehead atoms. The fourth-order valence-electron chi connectivity index (χ4n) is 2.61. The summed E-state index contributed by atoms with van der Waals surface area (Å²) in [5.74, 6) is 1.62. The average molecular weight is 290 g/mol. The maximum absolute atomic E-state index is 12.1. The van der Waals surface area contributed by atoms with Gasteiger partial charge in [-0.25, -0.2) is 0 Å². The normalized spacial score (nSPS) is 16.7. The van der Waals surface area contributed by atoms with Crippen LogP contribution in [0.1, 0.15) is 33.1 Å². The van der Waals surface area contributed by atoms with E-state index in [1.54, 1.807) is 0 Å². The van der Waals surface area contributed by atoms with E-state index in [0.29, 0.717) is 13.0 Å². The Balaban J connectivity index is 1.79. The van der Waals surface area contributed by atoms with Crippen molar-refractivity contribution in [1.29, 1.82) is 0 Å².